The smallest absolute Gasteiger partial charge is 0.290 e. The van der Waals surface area contributed by atoms with Crippen LogP contribution in [0.5, 0.6) is 5.75 Å². The number of amides is 1. The zero-order chi connectivity index (χ0) is 20.4. The summed E-state index contributed by atoms with van der Waals surface area (Å²) in [5.74, 6) is 0.0602. The van der Waals surface area contributed by atoms with E-state index in [0.717, 1.165) is 21.3 Å². The average molecular weight is 451 g/mol. The first kappa shape index (κ1) is 19.2. The molecule has 1 aromatic heterocycles. The van der Waals surface area contributed by atoms with E-state index in [2.05, 4.69) is 20.9 Å². The van der Waals surface area contributed by atoms with E-state index in [9.17, 15) is 9.90 Å². The van der Waals surface area contributed by atoms with Gasteiger partial charge in [-0.05, 0) is 47.5 Å². The topological polar surface area (TPSA) is 62.7 Å². The fourth-order valence-corrected chi connectivity index (χ4v) is 3.99. The highest BCUT2D eigenvalue weighted by molar-refractivity contribution is 9.10. The van der Waals surface area contributed by atoms with Crippen LogP contribution in [0.3, 0.4) is 0 Å². The van der Waals surface area contributed by atoms with Crippen LogP contribution >= 0.6 is 15.9 Å². The Kier molecular flexibility index (Phi) is 5.36. The minimum Gasteiger partial charge on any atom is -0.503 e. The Hall–Kier alpha value is -3.12. The molecule has 0 radical (unpaired) electrons. The maximum Gasteiger partial charge on any atom is 0.290 e. The fourth-order valence-electron chi connectivity index (χ4n) is 3.57. The largest absolute Gasteiger partial charge is 0.503 e. The minimum atomic E-state index is -0.435. The molecule has 0 saturated heterocycles. The average Bonchev–Trinajstić information content (AvgIpc) is 2.99. The lowest BCUT2D eigenvalue weighted by Gasteiger charge is -2.27. The molecule has 29 heavy (non-hydrogen) atoms. The normalized spacial score (nSPS) is 16.4. The quantitative estimate of drug-likeness (QED) is 0.599. The molecule has 146 valence electrons. The molecule has 1 aliphatic heterocycles. The summed E-state index contributed by atoms with van der Waals surface area (Å²) in [4.78, 5) is 19.0. The van der Waals surface area contributed by atoms with Crippen LogP contribution in [0.4, 0.5) is 0 Å². The number of benzene rings is 2. The van der Waals surface area contributed by atoms with E-state index in [4.69, 9.17) is 4.74 Å². The molecule has 5 nitrogen and oxygen atoms in total. The Morgan fingerprint density at radius 2 is 1.90 bits per heavy atom. The van der Waals surface area contributed by atoms with Crippen LogP contribution in [-0.2, 0) is 11.3 Å². The molecule has 0 aliphatic carbocycles. The molecule has 1 atom stereocenters. The van der Waals surface area contributed by atoms with E-state index in [1.54, 1.807) is 18.2 Å². The predicted octanol–water partition coefficient (Wildman–Crippen LogP) is 4.91. The van der Waals surface area contributed by atoms with E-state index in [-0.39, 0.29) is 5.76 Å². The Balaban J connectivity index is 1.81. The van der Waals surface area contributed by atoms with Crippen molar-refractivity contribution in [3.63, 3.8) is 0 Å². The molecule has 4 rings (SSSR count). The fraction of sp³-hybridized carbons (Fsp3) is 0.130. The number of nitrogens with zero attached hydrogens (tertiary/aromatic N) is 2. The van der Waals surface area contributed by atoms with Gasteiger partial charge < -0.3 is 14.7 Å². The third kappa shape index (κ3) is 3.76. The van der Waals surface area contributed by atoms with Gasteiger partial charge in [0, 0.05) is 16.2 Å². The number of aliphatic hydroxyl groups is 1. The van der Waals surface area contributed by atoms with Crippen LogP contribution in [0.2, 0.25) is 0 Å². The van der Waals surface area contributed by atoms with Gasteiger partial charge in [0.1, 0.15) is 5.75 Å². The van der Waals surface area contributed by atoms with Crippen LogP contribution in [0, 0.1) is 0 Å². The SMILES string of the molecule is COc1ccc(C2=C(O)C(=O)N(Cc3ccccn3)[C@@H]2c2cccc(Br)c2)cc1. The zero-order valence-electron chi connectivity index (χ0n) is 15.7. The van der Waals surface area contributed by atoms with Gasteiger partial charge in [-0.25, -0.2) is 0 Å². The highest BCUT2D eigenvalue weighted by atomic mass is 79.9. The van der Waals surface area contributed by atoms with E-state index in [1.165, 1.54) is 0 Å². The lowest BCUT2D eigenvalue weighted by Crippen LogP contribution is -2.30. The van der Waals surface area contributed by atoms with Crippen molar-refractivity contribution in [1.29, 1.82) is 0 Å². The summed E-state index contributed by atoms with van der Waals surface area (Å²) in [6.45, 7) is 0.292. The summed E-state index contributed by atoms with van der Waals surface area (Å²) in [7, 11) is 1.60. The highest BCUT2D eigenvalue weighted by Gasteiger charge is 2.41. The molecule has 3 aromatic rings. The van der Waals surface area contributed by atoms with Crippen LogP contribution < -0.4 is 4.74 Å². The van der Waals surface area contributed by atoms with Crippen molar-refractivity contribution in [2.45, 2.75) is 12.6 Å². The third-order valence-corrected chi connectivity index (χ3v) is 5.42. The van der Waals surface area contributed by atoms with Gasteiger partial charge in [-0.3, -0.25) is 9.78 Å². The summed E-state index contributed by atoms with van der Waals surface area (Å²) in [5, 5.41) is 10.8. The highest BCUT2D eigenvalue weighted by Crippen LogP contribution is 2.44. The van der Waals surface area contributed by atoms with Crippen molar-refractivity contribution in [2.75, 3.05) is 7.11 Å². The second-order valence-corrected chi connectivity index (χ2v) is 7.62. The molecule has 0 fully saturated rings. The first-order chi connectivity index (χ1) is 14.1. The number of aromatic nitrogens is 1. The van der Waals surface area contributed by atoms with E-state index in [0.29, 0.717) is 17.9 Å². The Morgan fingerprint density at radius 3 is 2.55 bits per heavy atom. The first-order valence-corrected chi connectivity index (χ1v) is 9.91. The number of methoxy groups -OCH3 is 1. The molecule has 6 heteroatoms. The Morgan fingerprint density at radius 1 is 1.10 bits per heavy atom. The van der Waals surface area contributed by atoms with E-state index >= 15 is 0 Å². The molecule has 2 heterocycles. The van der Waals surface area contributed by atoms with Gasteiger partial charge in [0.25, 0.3) is 5.91 Å². The van der Waals surface area contributed by atoms with Gasteiger partial charge in [0.05, 0.1) is 25.4 Å². The van der Waals surface area contributed by atoms with Gasteiger partial charge in [-0.15, -0.1) is 0 Å². The molecule has 0 spiro atoms. The van der Waals surface area contributed by atoms with Crippen LogP contribution in [0.1, 0.15) is 22.9 Å². The van der Waals surface area contributed by atoms with Crippen LogP contribution in [-0.4, -0.2) is 28.0 Å². The van der Waals surface area contributed by atoms with Crippen LogP contribution in [0.15, 0.2) is 83.2 Å². The van der Waals surface area contributed by atoms with Crippen molar-refractivity contribution in [2.24, 2.45) is 0 Å². The Bertz CT molecular complexity index is 1060. The van der Waals surface area contributed by atoms with Crippen LogP contribution in [0.25, 0.3) is 5.57 Å². The standard InChI is InChI=1S/C23H19BrN2O3/c1-29-19-10-8-15(9-11-19)20-21(16-5-4-6-17(24)13-16)26(23(28)22(20)27)14-18-7-2-3-12-25-18/h2-13,21,27H,14H2,1H3/t21-/m1/s1. The lowest BCUT2D eigenvalue weighted by atomic mass is 9.93. The molecule has 0 bridgehead atoms. The van der Waals surface area contributed by atoms with E-state index in [1.807, 2.05) is 66.7 Å². The Labute approximate surface area is 177 Å². The molecular weight excluding hydrogens is 432 g/mol. The number of hydrogen-bond donors (Lipinski definition) is 1. The summed E-state index contributed by atoms with van der Waals surface area (Å²) >= 11 is 3.51. The second-order valence-electron chi connectivity index (χ2n) is 6.70. The third-order valence-electron chi connectivity index (χ3n) is 4.93. The monoisotopic (exact) mass is 450 g/mol. The van der Waals surface area contributed by atoms with Crippen molar-refractivity contribution in [1.82, 2.24) is 9.88 Å². The lowest BCUT2D eigenvalue weighted by molar-refractivity contribution is -0.130. The van der Waals surface area contributed by atoms with Gasteiger partial charge in [-0.1, -0.05) is 46.3 Å². The van der Waals surface area contributed by atoms with E-state index < -0.39 is 11.9 Å². The summed E-state index contributed by atoms with van der Waals surface area (Å²) in [6, 6.07) is 20.3. The summed E-state index contributed by atoms with van der Waals surface area (Å²) < 4.78 is 6.14. The number of ether oxygens (including phenoxy) is 1. The molecule has 2 aromatic carbocycles. The van der Waals surface area contributed by atoms with Crippen molar-refractivity contribution in [3.05, 3.63) is 100.0 Å². The molecule has 0 unspecified atom stereocenters. The number of halogens is 1. The van der Waals surface area contributed by atoms with Crippen molar-refractivity contribution in [3.8, 4) is 5.75 Å². The van der Waals surface area contributed by atoms with Gasteiger partial charge in [-0.2, -0.15) is 0 Å². The maximum atomic E-state index is 13.0. The first-order valence-electron chi connectivity index (χ1n) is 9.12. The van der Waals surface area contributed by atoms with Gasteiger partial charge >= 0.3 is 0 Å². The number of carbonyl (C=O) groups is 1. The number of rotatable bonds is 5. The van der Waals surface area contributed by atoms with Crippen molar-refractivity contribution < 1.29 is 14.6 Å². The van der Waals surface area contributed by atoms with Gasteiger partial charge in [0.15, 0.2) is 5.76 Å². The predicted molar refractivity (Wildman–Crippen MR) is 114 cm³/mol. The zero-order valence-corrected chi connectivity index (χ0v) is 17.3. The maximum absolute atomic E-state index is 13.0. The number of pyridine rings is 1. The molecule has 1 aliphatic rings. The number of carbonyl (C=O) groups excluding carboxylic acids is 1. The molecular formula is C23H19BrN2O3. The number of hydrogen-bond acceptors (Lipinski definition) is 4. The van der Waals surface area contributed by atoms with Gasteiger partial charge in [0.2, 0.25) is 0 Å². The molecule has 1 N–H and O–H groups in total. The summed E-state index contributed by atoms with van der Waals surface area (Å²) in [6.07, 6.45) is 1.70. The molecule has 0 saturated carbocycles. The minimum absolute atomic E-state index is 0.240. The van der Waals surface area contributed by atoms with Crippen molar-refractivity contribution >= 4 is 27.4 Å². The number of aliphatic hydroxyl groups excluding tert-OH is 1. The summed E-state index contributed by atoms with van der Waals surface area (Å²) in [5.41, 5.74) is 3.00. The molecule has 1 amide bonds. The second kappa shape index (κ2) is 8.09.